The van der Waals surface area contributed by atoms with Crippen LogP contribution in [0.5, 0.6) is 11.5 Å². The van der Waals surface area contributed by atoms with E-state index in [0.29, 0.717) is 17.5 Å². The summed E-state index contributed by atoms with van der Waals surface area (Å²) in [5.41, 5.74) is 4.50. The van der Waals surface area contributed by atoms with E-state index in [1.165, 1.54) is 38.5 Å². The molecule has 0 amide bonds. The first-order valence-corrected chi connectivity index (χ1v) is 13.9. The molecule has 1 aliphatic carbocycles. The lowest BCUT2D eigenvalue weighted by Crippen LogP contribution is -2.39. The zero-order valence-corrected chi connectivity index (χ0v) is 21.5. The van der Waals surface area contributed by atoms with Crippen LogP contribution >= 0.6 is 0 Å². The van der Waals surface area contributed by atoms with Gasteiger partial charge < -0.3 is 19.7 Å². The zero-order valence-electron chi connectivity index (χ0n) is 21.5. The van der Waals surface area contributed by atoms with Crippen LogP contribution < -0.4 is 15.0 Å². The van der Waals surface area contributed by atoms with Crippen LogP contribution in [-0.2, 0) is 10.3 Å². The van der Waals surface area contributed by atoms with E-state index in [2.05, 4.69) is 47.5 Å². The molecule has 5 heteroatoms. The van der Waals surface area contributed by atoms with Crippen LogP contribution in [0.4, 0.5) is 11.4 Å². The standard InChI is InChI=1S/C32H34N2O3/c1-21-9-8-18-34(20-21)27-14-7-15-29-30(27)32(25-13-6-5-12-24(25)31(35)37-32)26-19-23(16-17-28(26)36-29)33-22-10-3-2-4-11-22/h5-7,12-17,19,21-22,33H,2-4,8-11,18,20H2,1H3. The average Bonchev–Trinajstić information content (AvgIpc) is 3.22. The maximum absolute atomic E-state index is 13.4. The van der Waals surface area contributed by atoms with Gasteiger partial charge >= 0.3 is 5.97 Å². The average molecular weight is 495 g/mol. The largest absolute Gasteiger partial charge is 0.456 e. The van der Waals surface area contributed by atoms with Gasteiger partial charge in [-0.3, -0.25) is 0 Å². The smallest absolute Gasteiger partial charge is 0.340 e. The van der Waals surface area contributed by atoms with E-state index in [4.69, 9.17) is 9.47 Å². The van der Waals surface area contributed by atoms with Gasteiger partial charge in [0.15, 0.2) is 5.60 Å². The number of nitrogens with zero attached hydrogens (tertiary/aromatic N) is 1. The predicted octanol–water partition coefficient (Wildman–Crippen LogP) is 7.24. The highest BCUT2D eigenvalue weighted by Crippen LogP contribution is 2.59. The first-order valence-electron chi connectivity index (χ1n) is 13.9. The Bertz CT molecular complexity index is 1360. The number of rotatable bonds is 3. The van der Waals surface area contributed by atoms with Crippen molar-refractivity contribution >= 4 is 17.3 Å². The Balaban J connectivity index is 1.43. The van der Waals surface area contributed by atoms with Crippen LogP contribution in [0.2, 0.25) is 0 Å². The van der Waals surface area contributed by atoms with Crippen LogP contribution in [-0.4, -0.2) is 25.1 Å². The number of benzene rings is 3. The minimum absolute atomic E-state index is 0.276. The molecule has 3 aromatic rings. The Hall–Kier alpha value is -3.47. The Morgan fingerprint density at radius 1 is 0.892 bits per heavy atom. The van der Waals surface area contributed by atoms with Crippen molar-refractivity contribution in [2.45, 2.75) is 63.5 Å². The molecule has 1 N–H and O–H groups in total. The molecule has 37 heavy (non-hydrogen) atoms. The number of piperidine rings is 1. The summed E-state index contributed by atoms with van der Waals surface area (Å²) in [7, 11) is 0. The number of fused-ring (bicyclic) bond motifs is 6. The summed E-state index contributed by atoms with van der Waals surface area (Å²) in [6, 6.07) is 20.9. The van der Waals surface area contributed by atoms with Crippen molar-refractivity contribution in [3.8, 4) is 11.5 Å². The monoisotopic (exact) mass is 494 g/mol. The van der Waals surface area contributed by atoms with Gasteiger partial charge in [-0.15, -0.1) is 0 Å². The molecule has 1 saturated carbocycles. The van der Waals surface area contributed by atoms with Crippen molar-refractivity contribution in [1.29, 1.82) is 0 Å². The number of hydrogen-bond donors (Lipinski definition) is 1. The van der Waals surface area contributed by atoms with Crippen LogP contribution in [0.15, 0.2) is 60.7 Å². The van der Waals surface area contributed by atoms with Crippen LogP contribution in [0, 0.1) is 5.92 Å². The molecule has 0 aromatic heterocycles. The van der Waals surface area contributed by atoms with E-state index < -0.39 is 5.60 Å². The zero-order chi connectivity index (χ0) is 25.0. The first kappa shape index (κ1) is 22.7. The van der Waals surface area contributed by atoms with E-state index in [-0.39, 0.29) is 5.97 Å². The molecular weight excluding hydrogens is 460 g/mol. The lowest BCUT2D eigenvalue weighted by molar-refractivity contribution is 0.0226. The Kier molecular flexibility index (Phi) is 5.42. The summed E-state index contributed by atoms with van der Waals surface area (Å²) in [5.74, 6) is 1.85. The van der Waals surface area contributed by atoms with E-state index >= 15 is 0 Å². The number of carbonyl (C=O) groups is 1. The molecule has 190 valence electrons. The third-order valence-corrected chi connectivity index (χ3v) is 8.68. The van der Waals surface area contributed by atoms with Crippen LogP contribution in [0.25, 0.3) is 0 Å². The first-order chi connectivity index (χ1) is 18.1. The fourth-order valence-corrected chi connectivity index (χ4v) is 6.95. The predicted molar refractivity (Wildman–Crippen MR) is 146 cm³/mol. The molecule has 1 saturated heterocycles. The van der Waals surface area contributed by atoms with Crippen molar-refractivity contribution in [3.05, 3.63) is 82.9 Å². The molecule has 4 aliphatic rings. The molecule has 5 nitrogen and oxygen atoms in total. The van der Waals surface area contributed by atoms with E-state index in [1.807, 2.05) is 30.3 Å². The normalized spacial score (nSPS) is 24.6. The van der Waals surface area contributed by atoms with Crippen LogP contribution in [0.3, 0.4) is 0 Å². The second kappa shape index (κ2) is 8.83. The summed E-state index contributed by atoms with van der Waals surface area (Å²) in [6.45, 7) is 4.29. The lowest BCUT2D eigenvalue weighted by Gasteiger charge is -2.42. The molecule has 1 spiro atoms. The number of nitrogens with one attached hydrogen (secondary N) is 1. The van der Waals surface area contributed by atoms with Gasteiger partial charge in [-0.25, -0.2) is 4.79 Å². The fourth-order valence-electron chi connectivity index (χ4n) is 6.95. The van der Waals surface area contributed by atoms with Gasteiger partial charge in [0.05, 0.1) is 11.1 Å². The summed E-state index contributed by atoms with van der Waals surface area (Å²) in [5, 5.41) is 3.77. The molecular formula is C32H34N2O3. The van der Waals surface area contributed by atoms with Crippen LogP contribution in [0.1, 0.15) is 78.9 Å². The van der Waals surface area contributed by atoms with Gasteiger partial charge in [0, 0.05) is 41.6 Å². The maximum Gasteiger partial charge on any atom is 0.340 e. The van der Waals surface area contributed by atoms with Gasteiger partial charge in [0.1, 0.15) is 11.5 Å². The number of hydrogen-bond acceptors (Lipinski definition) is 5. The van der Waals surface area contributed by atoms with E-state index in [0.717, 1.165) is 59.1 Å². The molecule has 2 unspecified atom stereocenters. The van der Waals surface area contributed by atoms with E-state index in [9.17, 15) is 4.79 Å². The minimum atomic E-state index is -1.04. The topological polar surface area (TPSA) is 50.8 Å². The summed E-state index contributed by atoms with van der Waals surface area (Å²) >= 11 is 0. The molecule has 7 rings (SSSR count). The maximum atomic E-state index is 13.4. The molecule has 3 aromatic carbocycles. The molecule has 2 atom stereocenters. The summed E-state index contributed by atoms with van der Waals surface area (Å²) in [4.78, 5) is 15.9. The van der Waals surface area contributed by atoms with Crippen molar-refractivity contribution < 1.29 is 14.3 Å². The number of anilines is 2. The molecule has 0 bridgehead atoms. The van der Waals surface area contributed by atoms with Crippen molar-refractivity contribution in [1.82, 2.24) is 0 Å². The number of ether oxygens (including phenoxy) is 2. The highest BCUT2D eigenvalue weighted by atomic mass is 16.6. The van der Waals surface area contributed by atoms with Crippen molar-refractivity contribution in [2.24, 2.45) is 5.92 Å². The molecule has 2 fully saturated rings. The SMILES string of the molecule is CC1CCCN(c2cccc3c2C2(OC(=O)c4ccccc42)c2cc(NC4CCCCC4)ccc2O3)C1. The third-order valence-electron chi connectivity index (χ3n) is 8.68. The summed E-state index contributed by atoms with van der Waals surface area (Å²) < 4.78 is 13.1. The second-order valence-electron chi connectivity index (χ2n) is 11.3. The van der Waals surface area contributed by atoms with Gasteiger partial charge in [-0.1, -0.05) is 50.5 Å². The van der Waals surface area contributed by atoms with Crippen molar-refractivity contribution in [2.75, 3.05) is 23.3 Å². The van der Waals surface area contributed by atoms with Crippen molar-refractivity contribution in [3.63, 3.8) is 0 Å². The summed E-state index contributed by atoms with van der Waals surface area (Å²) in [6.07, 6.45) is 8.64. The molecule has 0 radical (unpaired) electrons. The molecule has 3 aliphatic heterocycles. The van der Waals surface area contributed by atoms with Gasteiger partial charge in [0.2, 0.25) is 0 Å². The van der Waals surface area contributed by atoms with Gasteiger partial charge in [-0.05, 0) is 68.0 Å². The number of carbonyl (C=O) groups excluding carboxylic acids is 1. The number of esters is 1. The Labute approximate surface area is 218 Å². The molecule has 3 heterocycles. The van der Waals surface area contributed by atoms with Gasteiger partial charge in [-0.2, -0.15) is 0 Å². The van der Waals surface area contributed by atoms with Gasteiger partial charge in [0.25, 0.3) is 0 Å². The van der Waals surface area contributed by atoms with E-state index in [1.54, 1.807) is 0 Å². The second-order valence-corrected chi connectivity index (χ2v) is 11.3. The third kappa shape index (κ3) is 3.62. The Morgan fingerprint density at radius 2 is 1.76 bits per heavy atom. The fraction of sp³-hybridized carbons (Fsp3) is 0.406. The highest BCUT2D eigenvalue weighted by molar-refractivity contribution is 5.97. The highest BCUT2D eigenvalue weighted by Gasteiger charge is 2.55. The lowest BCUT2D eigenvalue weighted by atomic mass is 9.76. The quantitative estimate of drug-likeness (QED) is 0.389. The minimum Gasteiger partial charge on any atom is -0.456 e. The Morgan fingerprint density at radius 3 is 2.62 bits per heavy atom.